The van der Waals surface area contributed by atoms with Crippen molar-refractivity contribution < 1.29 is 23.4 Å². The largest absolute Gasteiger partial charge is 0.415 e. The standard InChI is InChI=1S/C15H33NO5Si/c1-15(2,3)22(6,7)21-9-12-14(20-11-18-5)13(8-16-12)19-10-17-4/h12-14,16H,8-11H2,1-7H3/t12-,13-,14+/m0/s1. The molecule has 1 saturated heterocycles. The van der Waals surface area contributed by atoms with E-state index in [1.807, 2.05) is 0 Å². The van der Waals surface area contributed by atoms with Crippen LogP contribution in [0.25, 0.3) is 0 Å². The highest BCUT2D eigenvalue weighted by atomic mass is 28.4. The lowest BCUT2D eigenvalue weighted by Gasteiger charge is -2.37. The van der Waals surface area contributed by atoms with Gasteiger partial charge < -0.3 is 28.7 Å². The highest BCUT2D eigenvalue weighted by Crippen LogP contribution is 2.36. The Morgan fingerprint density at radius 3 is 2.18 bits per heavy atom. The van der Waals surface area contributed by atoms with Crippen LogP contribution < -0.4 is 5.32 Å². The molecule has 0 bridgehead atoms. The van der Waals surface area contributed by atoms with Gasteiger partial charge in [0.05, 0.1) is 12.6 Å². The fourth-order valence-electron chi connectivity index (χ4n) is 2.11. The van der Waals surface area contributed by atoms with Gasteiger partial charge in [0, 0.05) is 20.8 Å². The lowest BCUT2D eigenvalue weighted by Crippen LogP contribution is -2.47. The van der Waals surface area contributed by atoms with Gasteiger partial charge in [-0.3, -0.25) is 0 Å². The number of methoxy groups -OCH3 is 2. The monoisotopic (exact) mass is 335 g/mol. The van der Waals surface area contributed by atoms with Gasteiger partial charge in [-0.2, -0.15) is 0 Å². The lowest BCUT2D eigenvalue weighted by atomic mass is 10.1. The van der Waals surface area contributed by atoms with Gasteiger partial charge in [0.25, 0.3) is 0 Å². The van der Waals surface area contributed by atoms with Crippen molar-refractivity contribution in [2.75, 3.05) is 41.0 Å². The third-order valence-electron chi connectivity index (χ3n) is 4.55. The summed E-state index contributed by atoms with van der Waals surface area (Å²) in [5.41, 5.74) is 0. The van der Waals surface area contributed by atoms with Crippen LogP contribution in [0.1, 0.15) is 20.8 Å². The maximum absolute atomic E-state index is 6.31. The summed E-state index contributed by atoms with van der Waals surface area (Å²) in [6.07, 6.45) is -0.150. The Hall–Kier alpha value is -0.0231. The number of hydrogen-bond donors (Lipinski definition) is 1. The molecule has 132 valence electrons. The van der Waals surface area contributed by atoms with E-state index in [0.29, 0.717) is 6.61 Å². The minimum atomic E-state index is -1.77. The Morgan fingerprint density at radius 1 is 1.05 bits per heavy atom. The van der Waals surface area contributed by atoms with E-state index in [4.69, 9.17) is 23.4 Å². The van der Waals surface area contributed by atoms with Gasteiger partial charge in [0.15, 0.2) is 8.32 Å². The summed E-state index contributed by atoms with van der Waals surface area (Å²) in [6.45, 7) is 13.1. The molecule has 0 amide bonds. The fourth-order valence-corrected chi connectivity index (χ4v) is 3.14. The first-order chi connectivity index (χ1) is 10.2. The van der Waals surface area contributed by atoms with Crippen molar-refractivity contribution in [3.05, 3.63) is 0 Å². The van der Waals surface area contributed by atoms with Crippen molar-refractivity contribution in [1.29, 1.82) is 0 Å². The molecule has 1 aliphatic rings. The second-order valence-corrected chi connectivity index (χ2v) is 12.0. The Balaban J connectivity index is 2.60. The van der Waals surface area contributed by atoms with Crippen molar-refractivity contribution in [3.63, 3.8) is 0 Å². The molecule has 1 fully saturated rings. The predicted octanol–water partition coefficient (Wildman–Crippen LogP) is 1.96. The van der Waals surface area contributed by atoms with E-state index >= 15 is 0 Å². The zero-order valence-electron chi connectivity index (χ0n) is 15.1. The molecule has 1 N–H and O–H groups in total. The van der Waals surface area contributed by atoms with Gasteiger partial charge in [-0.1, -0.05) is 20.8 Å². The van der Waals surface area contributed by atoms with Gasteiger partial charge >= 0.3 is 0 Å². The van der Waals surface area contributed by atoms with Crippen LogP contribution in [0.15, 0.2) is 0 Å². The fraction of sp³-hybridized carbons (Fsp3) is 1.00. The van der Waals surface area contributed by atoms with Crippen LogP contribution in [0.5, 0.6) is 0 Å². The molecule has 1 aliphatic heterocycles. The molecule has 6 nitrogen and oxygen atoms in total. The summed E-state index contributed by atoms with van der Waals surface area (Å²) < 4.78 is 27.8. The molecular formula is C15H33NO5Si. The molecule has 0 radical (unpaired) electrons. The summed E-state index contributed by atoms with van der Waals surface area (Å²) >= 11 is 0. The van der Waals surface area contributed by atoms with E-state index in [-0.39, 0.29) is 36.9 Å². The van der Waals surface area contributed by atoms with E-state index in [1.54, 1.807) is 14.2 Å². The molecule has 0 aromatic heterocycles. The smallest absolute Gasteiger partial charge is 0.192 e. The highest BCUT2D eigenvalue weighted by Gasteiger charge is 2.42. The minimum absolute atomic E-state index is 0.0527. The highest BCUT2D eigenvalue weighted by molar-refractivity contribution is 6.74. The van der Waals surface area contributed by atoms with E-state index in [2.05, 4.69) is 39.2 Å². The zero-order chi connectivity index (χ0) is 16.8. The molecule has 0 spiro atoms. The first-order valence-electron chi connectivity index (χ1n) is 7.81. The topological polar surface area (TPSA) is 58.2 Å². The van der Waals surface area contributed by atoms with E-state index in [9.17, 15) is 0 Å². The minimum Gasteiger partial charge on any atom is -0.415 e. The Kier molecular flexibility index (Phi) is 7.94. The summed E-state index contributed by atoms with van der Waals surface area (Å²) in [6, 6.07) is 0.103. The number of rotatable bonds is 9. The Bertz CT molecular complexity index is 322. The molecule has 0 aromatic rings. The van der Waals surface area contributed by atoms with Crippen molar-refractivity contribution in [2.45, 2.75) is 57.2 Å². The molecule has 22 heavy (non-hydrogen) atoms. The molecule has 7 heteroatoms. The number of ether oxygens (including phenoxy) is 4. The van der Waals surface area contributed by atoms with E-state index in [0.717, 1.165) is 6.54 Å². The van der Waals surface area contributed by atoms with Gasteiger partial charge in [0.2, 0.25) is 0 Å². The van der Waals surface area contributed by atoms with Crippen LogP contribution in [-0.4, -0.2) is 67.5 Å². The molecule has 0 aliphatic carbocycles. The normalized spacial score (nSPS) is 26.6. The van der Waals surface area contributed by atoms with Gasteiger partial charge in [-0.15, -0.1) is 0 Å². The summed E-state index contributed by atoms with van der Waals surface area (Å²) in [4.78, 5) is 0. The lowest BCUT2D eigenvalue weighted by molar-refractivity contribution is -0.148. The zero-order valence-corrected chi connectivity index (χ0v) is 16.1. The average molecular weight is 336 g/mol. The molecule has 3 atom stereocenters. The summed E-state index contributed by atoms with van der Waals surface area (Å²) in [7, 11) is 1.46. The van der Waals surface area contributed by atoms with Crippen LogP contribution in [0.4, 0.5) is 0 Å². The quantitative estimate of drug-likeness (QED) is 0.513. The van der Waals surface area contributed by atoms with Crippen molar-refractivity contribution in [2.24, 2.45) is 0 Å². The SMILES string of the molecule is COCO[C@@H]1[C@H](CO[Si](C)(C)C(C)(C)C)NC[C@@H]1OCOC. The summed E-state index contributed by atoms with van der Waals surface area (Å²) in [5, 5.41) is 3.63. The van der Waals surface area contributed by atoms with Crippen molar-refractivity contribution in [3.8, 4) is 0 Å². The van der Waals surface area contributed by atoms with Gasteiger partial charge in [-0.05, 0) is 18.1 Å². The van der Waals surface area contributed by atoms with Gasteiger partial charge in [-0.25, -0.2) is 0 Å². The summed E-state index contributed by atoms with van der Waals surface area (Å²) in [5.74, 6) is 0. The molecule has 1 rings (SSSR count). The number of hydrogen-bond acceptors (Lipinski definition) is 6. The van der Waals surface area contributed by atoms with E-state index in [1.165, 1.54) is 0 Å². The maximum atomic E-state index is 6.31. The third kappa shape index (κ3) is 5.56. The first kappa shape index (κ1) is 20.0. The second kappa shape index (κ2) is 8.72. The van der Waals surface area contributed by atoms with Crippen LogP contribution in [-0.2, 0) is 23.4 Å². The second-order valence-electron chi connectivity index (χ2n) is 7.24. The Morgan fingerprint density at radius 2 is 1.64 bits per heavy atom. The van der Waals surface area contributed by atoms with Crippen molar-refractivity contribution >= 4 is 8.32 Å². The van der Waals surface area contributed by atoms with Crippen LogP contribution in [0.3, 0.4) is 0 Å². The third-order valence-corrected chi connectivity index (χ3v) is 9.05. The first-order valence-corrected chi connectivity index (χ1v) is 10.7. The molecule has 0 aromatic carbocycles. The molecule has 0 saturated carbocycles. The van der Waals surface area contributed by atoms with Crippen LogP contribution in [0.2, 0.25) is 18.1 Å². The Labute approximate surface area is 135 Å². The predicted molar refractivity (Wildman–Crippen MR) is 88.4 cm³/mol. The molecule has 0 unspecified atom stereocenters. The van der Waals surface area contributed by atoms with Gasteiger partial charge in [0.1, 0.15) is 25.8 Å². The van der Waals surface area contributed by atoms with Crippen molar-refractivity contribution in [1.82, 2.24) is 5.32 Å². The molecule has 1 heterocycles. The van der Waals surface area contributed by atoms with E-state index < -0.39 is 8.32 Å². The number of nitrogens with one attached hydrogen (secondary N) is 1. The van der Waals surface area contributed by atoms with Crippen LogP contribution >= 0.6 is 0 Å². The van der Waals surface area contributed by atoms with Crippen LogP contribution in [0, 0.1) is 0 Å². The molecular weight excluding hydrogens is 302 g/mol. The maximum Gasteiger partial charge on any atom is 0.192 e. The average Bonchev–Trinajstić information content (AvgIpc) is 2.81.